The van der Waals surface area contributed by atoms with Crippen LogP contribution in [0.15, 0.2) is 10.7 Å². The summed E-state index contributed by atoms with van der Waals surface area (Å²) in [4.78, 5) is 2.74. The van der Waals surface area contributed by atoms with Gasteiger partial charge < -0.3 is 5.32 Å². The average molecular weight is 237 g/mol. The summed E-state index contributed by atoms with van der Waals surface area (Å²) in [6.45, 7) is 7.75. The molecule has 0 fully saturated rings. The van der Waals surface area contributed by atoms with Crippen molar-refractivity contribution >= 4 is 11.3 Å². The summed E-state index contributed by atoms with van der Waals surface area (Å²) in [5.41, 5.74) is 3.09. The fraction of sp³-hybridized carbons (Fsp3) is 0.455. The monoisotopic (exact) mass is 237 g/mol. The molecule has 0 radical (unpaired) electrons. The van der Waals surface area contributed by atoms with E-state index >= 15 is 0 Å². The van der Waals surface area contributed by atoms with Crippen LogP contribution in [0.5, 0.6) is 0 Å². The maximum absolute atomic E-state index is 4.63. The van der Waals surface area contributed by atoms with Crippen molar-refractivity contribution in [1.29, 1.82) is 0 Å². The molecule has 0 aliphatic heterocycles. The maximum atomic E-state index is 4.63. The molecule has 5 heteroatoms. The van der Waals surface area contributed by atoms with Gasteiger partial charge in [-0.3, -0.25) is 0 Å². The van der Waals surface area contributed by atoms with Crippen molar-refractivity contribution in [3.63, 3.8) is 0 Å². The van der Waals surface area contributed by atoms with Gasteiger partial charge in [0, 0.05) is 22.8 Å². The Labute approximate surface area is 98.6 Å². The number of aromatic nitrogens is 2. The molecule has 16 heavy (non-hydrogen) atoms. The lowest BCUT2D eigenvalue weighted by molar-refractivity contribution is 0.300. The first-order valence-electron chi connectivity index (χ1n) is 5.21. The van der Waals surface area contributed by atoms with Gasteiger partial charge in [0.15, 0.2) is 0 Å². The molecule has 86 valence electrons. The van der Waals surface area contributed by atoms with Crippen LogP contribution in [0.25, 0.3) is 0 Å². The van der Waals surface area contributed by atoms with E-state index < -0.39 is 0 Å². The standard InChI is InChI=1S/C11H15N3OS/c1-7-4-10(16-9(7)3)5-12-6-11-8(2)13-15-14-11/h4,12H,5-6H2,1-3H3. The minimum absolute atomic E-state index is 0.700. The van der Waals surface area contributed by atoms with Crippen LogP contribution in [0, 0.1) is 20.8 Å². The highest BCUT2D eigenvalue weighted by atomic mass is 32.1. The van der Waals surface area contributed by atoms with Gasteiger partial charge >= 0.3 is 0 Å². The van der Waals surface area contributed by atoms with E-state index in [1.807, 2.05) is 18.3 Å². The molecule has 0 saturated heterocycles. The molecule has 0 amide bonds. The quantitative estimate of drug-likeness (QED) is 0.886. The maximum Gasteiger partial charge on any atom is 0.121 e. The molecule has 0 aliphatic rings. The fourth-order valence-corrected chi connectivity index (χ4v) is 2.47. The van der Waals surface area contributed by atoms with Crippen LogP contribution in [0.4, 0.5) is 0 Å². The topological polar surface area (TPSA) is 51.0 Å². The normalized spacial score (nSPS) is 10.9. The van der Waals surface area contributed by atoms with E-state index in [1.165, 1.54) is 15.3 Å². The molecule has 2 aromatic heterocycles. The molecular formula is C11H15N3OS. The second kappa shape index (κ2) is 4.76. The van der Waals surface area contributed by atoms with Crippen molar-refractivity contribution in [3.05, 3.63) is 32.8 Å². The Kier molecular flexibility index (Phi) is 3.36. The van der Waals surface area contributed by atoms with Crippen molar-refractivity contribution in [2.45, 2.75) is 33.9 Å². The molecule has 0 aliphatic carbocycles. The lowest BCUT2D eigenvalue weighted by atomic mass is 10.3. The zero-order valence-corrected chi connectivity index (χ0v) is 10.5. The lowest BCUT2D eigenvalue weighted by Gasteiger charge is -1.99. The molecule has 0 aromatic carbocycles. The molecule has 2 heterocycles. The zero-order chi connectivity index (χ0) is 11.5. The van der Waals surface area contributed by atoms with Gasteiger partial charge in [0.2, 0.25) is 0 Å². The van der Waals surface area contributed by atoms with Gasteiger partial charge in [-0.25, -0.2) is 4.63 Å². The number of hydrogen-bond donors (Lipinski definition) is 1. The van der Waals surface area contributed by atoms with Crippen LogP contribution in [-0.4, -0.2) is 10.3 Å². The highest BCUT2D eigenvalue weighted by molar-refractivity contribution is 7.12. The van der Waals surface area contributed by atoms with Crippen LogP contribution in [0.1, 0.15) is 26.7 Å². The summed E-state index contributed by atoms with van der Waals surface area (Å²) < 4.78 is 4.63. The van der Waals surface area contributed by atoms with Gasteiger partial charge in [-0.2, -0.15) is 0 Å². The van der Waals surface area contributed by atoms with E-state index in [0.29, 0.717) is 6.54 Å². The molecule has 2 rings (SSSR count). The third-order valence-corrected chi connectivity index (χ3v) is 3.71. The predicted octanol–water partition coefficient (Wildman–Crippen LogP) is 2.35. The second-order valence-electron chi connectivity index (χ2n) is 3.85. The number of rotatable bonds is 4. The minimum Gasteiger partial charge on any atom is -0.306 e. The van der Waals surface area contributed by atoms with Crippen molar-refractivity contribution in [2.24, 2.45) is 0 Å². The van der Waals surface area contributed by atoms with Crippen LogP contribution in [0.2, 0.25) is 0 Å². The van der Waals surface area contributed by atoms with E-state index in [0.717, 1.165) is 17.9 Å². The Morgan fingerprint density at radius 2 is 2.06 bits per heavy atom. The smallest absolute Gasteiger partial charge is 0.121 e. The van der Waals surface area contributed by atoms with E-state index in [4.69, 9.17) is 0 Å². The Bertz CT molecular complexity index is 456. The molecule has 0 bridgehead atoms. The third kappa shape index (κ3) is 2.48. The van der Waals surface area contributed by atoms with Crippen LogP contribution in [0.3, 0.4) is 0 Å². The third-order valence-electron chi connectivity index (χ3n) is 2.56. The Morgan fingerprint density at radius 1 is 1.25 bits per heavy atom. The highest BCUT2D eigenvalue weighted by Crippen LogP contribution is 2.20. The number of hydrogen-bond acceptors (Lipinski definition) is 5. The summed E-state index contributed by atoms with van der Waals surface area (Å²) >= 11 is 1.83. The first-order valence-corrected chi connectivity index (χ1v) is 6.03. The van der Waals surface area contributed by atoms with Gasteiger partial charge in [-0.1, -0.05) is 10.3 Å². The van der Waals surface area contributed by atoms with E-state index in [2.05, 4.69) is 40.2 Å². The number of nitrogens with one attached hydrogen (secondary N) is 1. The van der Waals surface area contributed by atoms with Gasteiger partial charge in [-0.05, 0) is 32.4 Å². The molecule has 1 N–H and O–H groups in total. The summed E-state index contributed by atoms with van der Waals surface area (Å²) in [7, 11) is 0. The first-order chi connectivity index (χ1) is 7.66. The molecular weight excluding hydrogens is 222 g/mol. The Morgan fingerprint density at radius 3 is 2.62 bits per heavy atom. The minimum atomic E-state index is 0.700. The molecule has 0 spiro atoms. The Balaban J connectivity index is 1.87. The first kappa shape index (κ1) is 11.3. The second-order valence-corrected chi connectivity index (χ2v) is 5.19. The SMILES string of the molecule is Cc1cc(CNCc2nonc2C)sc1C. The summed E-state index contributed by atoms with van der Waals surface area (Å²) in [6.07, 6.45) is 0. The van der Waals surface area contributed by atoms with Gasteiger partial charge in [0.25, 0.3) is 0 Å². The van der Waals surface area contributed by atoms with Crippen LogP contribution < -0.4 is 5.32 Å². The molecule has 0 unspecified atom stereocenters. The number of aryl methyl sites for hydroxylation is 3. The van der Waals surface area contributed by atoms with E-state index in [9.17, 15) is 0 Å². The van der Waals surface area contributed by atoms with E-state index in [-0.39, 0.29) is 0 Å². The number of nitrogens with zero attached hydrogens (tertiary/aromatic N) is 2. The lowest BCUT2D eigenvalue weighted by Crippen LogP contribution is -2.12. The van der Waals surface area contributed by atoms with E-state index in [1.54, 1.807) is 0 Å². The Hall–Kier alpha value is -1.20. The van der Waals surface area contributed by atoms with Crippen LogP contribution >= 0.6 is 11.3 Å². The van der Waals surface area contributed by atoms with Crippen molar-refractivity contribution < 1.29 is 4.63 Å². The predicted molar refractivity (Wildman–Crippen MR) is 63.4 cm³/mol. The van der Waals surface area contributed by atoms with Crippen LogP contribution in [-0.2, 0) is 13.1 Å². The summed E-state index contributed by atoms with van der Waals surface area (Å²) in [6, 6.07) is 2.22. The van der Waals surface area contributed by atoms with Crippen molar-refractivity contribution in [2.75, 3.05) is 0 Å². The molecule has 4 nitrogen and oxygen atoms in total. The van der Waals surface area contributed by atoms with Crippen molar-refractivity contribution in [3.8, 4) is 0 Å². The zero-order valence-electron chi connectivity index (χ0n) is 9.70. The molecule has 0 saturated carbocycles. The van der Waals surface area contributed by atoms with Gasteiger partial charge in [-0.15, -0.1) is 11.3 Å². The van der Waals surface area contributed by atoms with Crippen molar-refractivity contribution in [1.82, 2.24) is 15.6 Å². The van der Waals surface area contributed by atoms with Gasteiger partial charge in [0.1, 0.15) is 11.4 Å². The fourth-order valence-electron chi connectivity index (χ4n) is 1.45. The number of thiophene rings is 1. The largest absolute Gasteiger partial charge is 0.306 e. The summed E-state index contributed by atoms with van der Waals surface area (Å²) in [5.74, 6) is 0. The molecule has 0 atom stereocenters. The highest BCUT2D eigenvalue weighted by Gasteiger charge is 2.05. The molecule has 2 aromatic rings. The average Bonchev–Trinajstić information content (AvgIpc) is 2.76. The summed E-state index contributed by atoms with van der Waals surface area (Å²) in [5, 5.41) is 10.9. The van der Waals surface area contributed by atoms with Gasteiger partial charge in [0.05, 0.1) is 0 Å².